The lowest BCUT2D eigenvalue weighted by Crippen LogP contribution is -2.23. The third-order valence-electron chi connectivity index (χ3n) is 4.62. The van der Waals surface area contributed by atoms with Crippen LogP contribution in [0.1, 0.15) is 28.4 Å². The van der Waals surface area contributed by atoms with Crippen LogP contribution >= 0.6 is 27.7 Å². The van der Waals surface area contributed by atoms with Crippen LogP contribution in [0.5, 0.6) is 11.5 Å². The van der Waals surface area contributed by atoms with Crippen molar-refractivity contribution in [3.05, 3.63) is 56.4 Å². The number of aromatic carboxylic acids is 1. The highest BCUT2D eigenvalue weighted by molar-refractivity contribution is 9.10. The maximum Gasteiger partial charge on any atom is 0.336 e. The molecule has 162 valence electrons. The molecule has 0 bridgehead atoms. The van der Waals surface area contributed by atoms with Gasteiger partial charge in [-0.1, -0.05) is 22.0 Å². The van der Waals surface area contributed by atoms with E-state index in [1.54, 1.807) is 51.4 Å². The highest BCUT2D eigenvalue weighted by atomic mass is 79.9. The van der Waals surface area contributed by atoms with Gasteiger partial charge in [0.25, 0.3) is 5.91 Å². The Kier molecular flexibility index (Phi) is 7.07. The molecule has 7 nitrogen and oxygen atoms in total. The summed E-state index contributed by atoms with van der Waals surface area (Å²) >= 11 is 4.75. The van der Waals surface area contributed by atoms with Gasteiger partial charge in [0.2, 0.25) is 0 Å². The number of carbonyl (C=O) groups is 2. The van der Waals surface area contributed by atoms with Crippen molar-refractivity contribution in [2.75, 3.05) is 20.8 Å². The average molecular weight is 505 g/mol. The lowest BCUT2D eigenvalue weighted by molar-refractivity contribution is -0.121. The molecule has 1 fully saturated rings. The van der Waals surface area contributed by atoms with E-state index in [0.717, 1.165) is 10.0 Å². The van der Waals surface area contributed by atoms with Crippen LogP contribution in [-0.2, 0) is 4.79 Å². The van der Waals surface area contributed by atoms with Crippen molar-refractivity contribution in [1.29, 1.82) is 0 Å². The second kappa shape index (κ2) is 9.57. The molecule has 1 heterocycles. The monoisotopic (exact) mass is 504 g/mol. The van der Waals surface area contributed by atoms with Gasteiger partial charge in [-0.25, -0.2) is 9.79 Å². The Balaban J connectivity index is 1.97. The molecule has 31 heavy (non-hydrogen) atoms. The molecular weight excluding hydrogens is 484 g/mol. The number of thioether (sulfide) groups is 1. The molecule has 3 rings (SSSR count). The summed E-state index contributed by atoms with van der Waals surface area (Å²) in [6, 6.07) is 8.49. The van der Waals surface area contributed by atoms with Gasteiger partial charge in [0.1, 0.15) is 0 Å². The van der Waals surface area contributed by atoms with Gasteiger partial charge in [0.05, 0.1) is 29.9 Å². The molecule has 0 unspecified atom stereocenters. The second-order valence-corrected chi connectivity index (χ2v) is 8.45. The summed E-state index contributed by atoms with van der Waals surface area (Å²) in [5, 5.41) is 9.79. The fraction of sp³-hybridized carbons (Fsp3) is 0.227. The quantitative estimate of drug-likeness (QED) is 0.550. The van der Waals surface area contributed by atoms with Gasteiger partial charge in [0.15, 0.2) is 16.7 Å². The first-order chi connectivity index (χ1) is 14.8. The summed E-state index contributed by atoms with van der Waals surface area (Å²) in [6.07, 6.45) is 1.76. The number of hydrogen-bond donors (Lipinski definition) is 1. The van der Waals surface area contributed by atoms with Crippen LogP contribution in [-0.4, -0.2) is 47.8 Å². The molecule has 1 aliphatic rings. The molecule has 2 aromatic rings. The van der Waals surface area contributed by atoms with Crippen LogP contribution < -0.4 is 9.47 Å². The number of likely N-dealkylation sites (N-methyl/N-ethyl adjacent to an activating group) is 1. The van der Waals surface area contributed by atoms with E-state index in [0.29, 0.717) is 39.4 Å². The second-order valence-electron chi connectivity index (χ2n) is 6.58. The van der Waals surface area contributed by atoms with Crippen molar-refractivity contribution in [3.8, 4) is 11.5 Å². The van der Waals surface area contributed by atoms with Crippen LogP contribution in [0.2, 0.25) is 0 Å². The highest BCUT2D eigenvalue weighted by Crippen LogP contribution is 2.38. The van der Waals surface area contributed by atoms with Crippen molar-refractivity contribution >= 4 is 56.5 Å². The molecule has 0 aromatic heterocycles. The lowest BCUT2D eigenvalue weighted by atomic mass is 10.1. The summed E-state index contributed by atoms with van der Waals surface area (Å²) < 4.78 is 11.7. The van der Waals surface area contributed by atoms with E-state index in [9.17, 15) is 14.7 Å². The maximum atomic E-state index is 12.8. The van der Waals surface area contributed by atoms with E-state index in [1.165, 1.54) is 22.7 Å². The molecule has 2 aromatic carbocycles. The Hall–Kier alpha value is -2.78. The number of hydrogen-bond acceptors (Lipinski definition) is 6. The third-order valence-corrected chi connectivity index (χ3v) is 6.37. The molecule has 0 spiro atoms. The summed E-state index contributed by atoms with van der Waals surface area (Å²) in [7, 11) is 3.20. The number of carbonyl (C=O) groups excluding carboxylic acids is 1. The number of methoxy groups -OCH3 is 1. The first kappa shape index (κ1) is 22.9. The van der Waals surface area contributed by atoms with E-state index >= 15 is 0 Å². The third kappa shape index (κ3) is 4.77. The minimum atomic E-state index is -1.02. The van der Waals surface area contributed by atoms with Crippen molar-refractivity contribution < 1.29 is 24.2 Å². The summed E-state index contributed by atoms with van der Waals surface area (Å²) in [5.41, 5.74) is 1.99. The van der Waals surface area contributed by atoms with Crippen molar-refractivity contribution in [2.24, 2.45) is 4.99 Å². The number of nitrogens with zero attached hydrogens (tertiary/aromatic N) is 2. The number of carboxylic acids is 1. The fourth-order valence-corrected chi connectivity index (χ4v) is 4.37. The topological polar surface area (TPSA) is 88.4 Å². The van der Waals surface area contributed by atoms with Crippen molar-refractivity contribution in [1.82, 2.24) is 4.90 Å². The minimum Gasteiger partial charge on any atom is -0.493 e. The fourth-order valence-electron chi connectivity index (χ4n) is 2.96. The van der Waals surface area contributed by atoms with Crippen molar-refractivity contribution in [2.45, 2.75) is 13.8 Å². The number of benzene rings is 2. The van der Waals surface area contributed by atoms with E-state index in [1.807, 2.05) is 6.92 Å². The van der Waals surface area contributed by atoms with Gasteiger partial charge in [-0.2, -0.15) is 0 Å². The van der Waals surface area contributed by atoms with E-state index in [4.69, 9.17) is 9.47 Å². The van der Waals surface area contributed by atoms with Gasteiger partial charge >= 0.3 is 5.97 Å². The van der Waals surface area contributed by atoms with E-state index < -0.39 is 5.97 Å². The zero-order valence-corrected chi connectivity index (χ0v) is 19.8. The summed E-state index contributed by atoms with van der Waals surface area (Å²) in [6.45, 7) is 4.09. The number of halogens is 1. The van der Waals surface area contributed by atoms with Crippen LogP contribution in [0.4, 0.5) is 5.69 Å². The first-order valence-electron chi connectivity index (χ1n) is 9.36. The van der Waals surface area contributed by atoms with Gasteiger partial charge < -0.3 is 14.6 Å². The Labute approximate surface area is 192 Å². The lowest BCUT2D eigenvalue weighted by Gasteiger charge is -2.11. The summed E-state index contributed by atoms with van der Waals surface area (Å²) in [5.74, 6) is -0.0400. The number of aliphatic imine (C=N–C) groups is 1. The average Bonchev–Trinajstić information content (AvgIpc) is 2.99. The molecule has 0 saturated carbocycles. The smallest absolute Gasteiger partial charge is 0.336 e. The van der Waals surface area contributed by atoms with Gasteiger partial charge in [-0.05, 0) is 67.1 Å². The standard InChI is InChI=1S/C22H21BrN2O5S/c1-5-30-18-11-15(23)13(9-17(18)29-4)10-19-20(26)25(3)22(31-19)24-16-8-6-7-14(12(16)2)21(27)28/h6-11H,5H2,1-4H3,(H,27,28)/b19-10-,24-22?. The molecule has 1 saturated heterocycles. The Morgan fingerprint density at radius 3 is 2.71 bits per heavy atom. The van der Waals surface area contributed by atoms with Crippen LogP contribution in [0, 0.1) is 6.92 Å². The van der Waals surface area contributed by atoms with Gasteiger partial charge in [-0.15, -0.1) is 0 Å². The maximum absolute atomic E-state index is 12.8. The normalized spacial score (nSPS) is 16.3. The van der Waals surface area contributed by atoms with E-state index in [2.05, 4.69) is 20.9 Å². The number of rotatable bonds is 6. The Bertz CT molecular complexity index is 1110. The molecular formula is C22H21BrN2O5S. The van der Waals surface area contributed by atoms with Gasteiger partial charge in [0, 0.05) is 11.5 Å². The number of amides is 1. The SMILES string of the molecule is CCOc1cc(Br)c(/C=C2\SC(=Nc3cccc(C(=O)O)c3C)N(C)C2=O)cc1OC. The van der Waals surface area contributed by atoms with E-state index in [-0.39, 0.29) is 11.5 Å². The zero-order chi connectivity index (χ0) is 22.7. The predicted molar refractivity (Wildman–Crippen MR) is 125 cm³/mol. The van der Waals surface area contributed by atoms with Crippen LogP contribution in [0.3, 0.4) is 0 Å². The molecule has 9 heteroatoms. The minimum absolute atomic E-state index is 0.181. The highest BCUT2D eigenvalue weighted by Gasteiger charge is 2.31. The Morgan fingerprint density at radius 2 is 2.06 bits per heavy atom. The van der Waals surface area contributed by atoms with Crippen LogP contribution in [0.25, 0.3) is 6.08 Å². The molecule has 1 N–H and O–H groups in total. The molecule has 1 amide bonds. The van der Waals surface area contributed by atoms with Crippen molar-refractivity contribution in [3.63, 3.8) is 0 Å². The summed E-state index contributed by atoms with van der Waals surface area (Å²) in [4.78, 5) is 30.7. The number of amidine groups is 1. The molecule has 0 aliphatic carbocycles. The predicted octanol–water partition coefficient (Wildman–Crippen LogP) is 5.10. The molecule has 0 atom stereocenters. The number of ether oxygens (including phenoxy) is 2. The molecule has 1 aliphatic heterocycles. The molecule has 0 radical (unpaired) electrons. The zero-order valence-electron chi connectivity index (χ0n) is 17.4. The van der Waals surface area contributed by atoms with Gasteiger partial charge in [-0.3, -0.25) is 9.69 Å². The Morgan fingerprint density at radius 1 is 1.32 bits per heavy atom. The van der Waals surface area contributed by atoms with Crippen LogP contribution in [0.15, 0.2) is 44.7 Å². The first-order valence-corrected chi connectivity index (χ1v) is 11.0. The number of carboxylic acid groups (broad SMARTS) is 1. The largest absolute Gasteiger partial charge is 0.493 e.